The molecule has 4 rings (SSSR count). The van der Waals surface area contributed by atoms with E-state index in [-0.39, 0.29) is 17.3 Å². The monoisotopic (exact) mass is 441 g/mol. The second kappa shape index (κ2) is 8.78. The zero-order valence-electron chi connectivity index (χ0n) is 17.8. The minimum absolute atomic E-state index is 0.110. The molecule has 1 N–H and O–H groups in total. The summed E-state index contributed by atoms with van der Waals surface area (Å²) in [5.41, 5.74) is 2.22. The molecule has 1 fully saturated rings. The molecule has 0 spiro atoms. The number of carbonyl (C=O) groups excluding carboxylic acids is 1. The first-order chi connectivity index (χ1) is 14.9. The molecule has 8 nitrogen and oxygen atoms in total. The predicted octanol–water partition coefficient (Wildman–Crippen LogP) is 2.17. The maximum absolute atomic E-state index is 13.0. The smallest absolute Gasteiger partial charge is 0.244 e. The Balaban J connectivity index is 1.51. The van der Waals surface area contributed by atoms with E-state index in [1.807, 2.05) is 42.8 Å². The number of hydrogen-bond acceptors (Lipinski definition) is 5. The number of anilines is 1. The molecule has 9 heteroatoms. The Labute approximate surface area is 182 Å². The number of rotatable bonds is 6. The number of piperazine rings is 1. The molecular formula is C22H27N5O3S. The molecular weight excluding hydrogens is 414 g/mol. The van der Waals surface area contributed by atoms with Crippen molar-refractivity contribution in [3.8, 4) is 0 Å². The molecule has 0 saturated carbocycles. The van der Waals surface area contributed by atoms with Gasteiger partial charge in [0.25, 0.3) is 0 Å². The van der Waals surface area contributed by atoms with Gasteiger partial charge in [-0.1, -0.05) is 25.1 Å². The van der Waals surface area contributed by atoms with Crippen LogP contribution in [0.3, 0.4) is 0 Å². The molecule has 3 aromatic rings. The summed E-state index contributed by atoms with van der Waals surface area (Å²) in [6, 6.07) is 14.2. The van der Waals surface area contributed by atoms with Gasteiger partial charge in [-0.2, -0.15) is 4.31 Å². The molecule has 1 aliphatic rings. The summed E-state index contributed by atoms with van der Waals surface area (Å²) in [5.74, 6) is 0.606. The number of likely N-dealkylation sites (N-methyl/N-ethyl adjacent to an activating group) is 1. The van der Waals surface area contributed by atoms with Gasteiger partial charge in [0.15, 0.2) is 0 Å². The number of nitrogens with one attached hydrogen (secondary N) is 1. The fourth-order valence-electron chi connectivity index (χ4n) is 3.83. The maximum Gasteiger partial charge on any atom is 0.244 e. The first-order valence-corrected chi connectivity index (χ1v) is 11.8. The molecule has 0 atom stereocenters. The van der Waals surface area contributed by atoms with Gasteiger partial charge in [0.2, 0.25) is 15.9 Å². The minimum atomic E-state index is -3.59. The summed E-state index contributed by atoms with van der Waals surface area (Å²) in [6.45, 7) is 4.44. The third kappa shape index (κ3) is 4.48. The first kappa shape index (κ1) is 21.5. The van der Waals surface area contributed by atoms with Crippen molar-refractivity contribution in [1.29, 1.82) is 0 Å². The Morgan fingerprint density at radius 1 is 1.06 bits per heavy atom. The fourth-order valence-corrected chi connectivity index (χ4v) is 5.30. The molecule has 0 unspecified atom stereocenters. The van der Waals surface area contributed by atoms with Gasteiger partial charge in [0.1, 0.15) is 12.4 Å². The van der Waals surface area contributed by atoms with Crippen LogP contribution in [0, 0.1) is 0 Å². The molecule has 164 valence electrons. The molecule has 2 aromatic carbocycles. The Morgan fingerprint density at radius 2 is 1.81 bits per heavy atom. The van der Waals surface area contributed by atoms with Crippen LogP contribution < -0.4 is 5.32 Å². The van der Waals surface area contributed by atoms with E-state index in [9.17, 15) is 13.2 Å². The summed E-state index contributed by atoms with van der Waals surface area (Å²) in [5, 5.41) is 2.84. The van der Waals surface area contributed by atoms with Crippen molar-refractivity contribution < 1.29 is 13.2 Å². The highest BCUT2D eigenvalue weighted by Gasteiger charge is 2.27. The maximum atomic E-state index is 13.0. The van der Waals surface area contributed by atoms with Crippen LogP contribution in [-0.4, -0.2) is 66.3 Å². The van der Waals surface area contributed by atoms with Crippen LogP contribution in [0.4, 0.5) is 5.69 Å². The van der Waals surface area contributed by atoms with Gasteiger partial charge in [-0.05, 0) is 37.4 Å². The van der Waals surface area contributed by atoms with Crippen molar-refractivity contribution in [3.63, 3.8) is 0 Å². The zero-order valence-corrected chi connectivity index (χ0v) is 18.6. The van der Waals surface area contributed by atoms with E-state index in [4.69, 9.17) is 0 Å². The van der Waals surface area contributed by atoms with E-state index in [1.165, 1.54) is 10.4 Å². The van der Waals surface area contributed by atoms with Crippen LogP contribution in [0.5, 0.6) is 0 Å². The van der Waals surface area contributed by atoms with E-state index in [1.54, 1.807) is 18.2 Å². The van der Waals surface area contributed by atoms with E-state index >= 15 is 0 Å². The zero-order chi connectivity index (χ0) is 22.0. The minimum Gasteiger partial charge on any atom is -0.324 e. The summed E-state index contributed by atoms with van der Waals surface area (Å²) >= 11 is 0. The van der Waals surface area contributed by atoms with Crippen molar-refractivity contribution >= 4 is 32.7 Å². The van der Waals surface area contributed by atoms with E-state index < -0.39 is 10.0 Å². The van der Waals surface area contributed by atoms with Gasteiger partial charge in [-0.3, -0.25) is 4.79 Å². The molecule has 1 amide bonds. The molecule has 0 aliphatic carbocycles. The average Bonchev–Trinajstić information content (AvgIpc) is 3.11. The quantitative estimate of drug-likeness (QED) is 0.634. The van der Waals surface area contributed by atoms with Gasteiger partial charge >= 0.3 is 0 Å². The van der Waals surface area contributed by atoms with E-state index in [0.717, 1.165) is 16.9 Å². The van der Waals surface area contributed by atoms with Crippen LogP contribution in [0.15, 0.2) is 53.4 Å². The van der Waals surface area contributed by atoms with E-state index in [0.29, 0.717) is 38.3 Å². The Morgan fingerprint density at radius 3 is 2.55 bits per heavy atom. The SMILES string of the molecule is CCc1nc2ccccc2n1CC(=O)Nc1cccc(S(=O)(=O)N2CCN(C)CC2)c1. The number of nitrogens with zero attached hydrogens (tertiary/aromatic N) is 4. The van der Waals surface area contributed by atoms with Crippen LogP contribution in [-0.2, 0) is 27.8 Å². The summed E-state index contributed by atoms with van der Waals surface area (Å²) in [6.07, 6.45) is 0.709. The number of carbonyl (C=O) groups is 1. The lowest BCUT2D eigenvalue weighted by Crippen LogP contribution is -2.47. The third-order valence-electron chi connectivity index (χ3n) is 5.57. The molecule has 2 heterocycles. The third-order valence-corrected chi connectivity index (χ3v) is 7.46. The molecule has 1 aliphatic heterocycles. The highest BCUT2D eigenvalue weighted by atomic mass is 32.2. The standard InChI is InChI=1S/C22H27N5O3S/c1-3-21-24-19-9-4-5-10-20(19)27(21)16-22(28)23-17-7-6-8-18(15-17)31(29,30)26-13-11-25(2)12-14-26/h4-10,15H,3,11-14,16H2,1-2H3,(H,23,28). The molecule has 0 bridgehead atoms. The number of aromatic nitrogens is 2. The second-order valence-electron chi connectivity index (χ2n) is 7.74. The number of imidazole rings is 1. The van der Waals surface area contributed by atoms with Gasteiger partial charge < -0.3 is 14.8 Å². The second-order valence-corrected chi connectivity index (χ2v) is 9.68. The number of fused-ring (bicyclic) bond motifs is 1. The lowest BCUT2D eigenvalue weighted by molar-refractivity contribution is -0.116. The van der Waals surface area contributed by atoms with Crippen molar-refractivity contribution in [2.24, 2.45) is 0 Å². The summed E-state index contributed by atoms with van der Waals surface area (Å²) in [4.78, 5) is 19.7. The number of para-hydroxylation sites is 2. The highest BCUT2D eigenvalue weighted by Crippen LogP contribution is 2.21. The number of benzene rings is 2. The molecule has 1 saturated heterocycles. The van der Waals surface area contributed by atoms with Gasteiger partial charge in [-0.25, -0.2) is 13.4 Å². The van der Waals surface area contributed by atoms with Crippen molar-refractivity contribution in [3.05, 3.63) is 54.4 Å². The van der Waals surface area contributed by atoms with Crippen LogP contribution in [0.25, 0.3) is 11.0 Å². The number of aryl methyl sites for hydroxylation is 1. The lowest BCUT2D eigenvalue weighted by Gasteiger charge is -2.31. The van der Waals surface area contributed by atoms with Gasteiger partial charge in [0.05, 0.1) is 15.9 Å². The summed E-state index contributed by atoms with van der Waals surface area (Å²) < 4.78 is 29.4. The molecule has 0 radical (unpaired) electrons. The van der Waals surface area contributed by atoms with Crippen molar-refractivity contribution in [1.82, 2.24) is 18.8 Å². The van der Waals surface area contributed by atoms with Crippen LogP contribution in [0.1, 0.15) is 12.7 Å². The Hall–Kier alpha value is -2.75. The largest absolute Gasteiger partial charge is 0.324 e. The van der Waals surface area contributed by atoms with Crippen molar-refractivity contribution in [2.45, 2.75) is 24.8 Å². The first-order valence-electron chi connectivity index (χ1n) is 10.4. The van der Waals surface area contributed by atoms with Gasteiger partial charge in [0, 0.05) is 38.3 Å². The number of amides is 1. The summed E-state index contributed by atoms with van der Waals surface area (Å²) in [7, 11) is -1.61. The highest BCUT2D eigenvalue weighted by molar-refractivity contribution is 7.89. The Bertz CT molecular complexity index is 1200. The number of sulfonamides is 1. The van der Waals surface area contributed by atoms with Gasteiger partial charge in [-0.15, -0.1) is 0 Å². The topological polar surface area (TPSA) is 87.5 Å². The Kier molecular flexibility index (Phi) is 6.08. The lowest BCUT2D eigenvalue weighted by atomic mass is 10.3. The molecule has 31 heavy (non-hydrogen) atoms. The van der Waals surface area contributed by atoms with Crippen LogP contribution >= 0.6 is 0 Å². The predicted molar refractivity (Wildman–Crippen MR) is 120 cm³/mol. The van der Waals surface area contributed by atoms with E-state index in [2.05, 4.69) is 15.2 Å². The normalized spacial score (nSPS) is 15.9. The fraction of sp³-hybridized carbons (Fsp3) is 0.364. The molecule has 1 aromatic heterocycles. The van der Waals surface area contributed by atoms with Crippen LogP contribution in [0.2, 0.25) is 0 Å². The number of hydrogen-bond donors (Lipinski definition) is 1. The van der Waals surface area contributed by atoms with Crippen molar-refractivity contribution in [2.75, 3.05) is 38.5 Å². The average molecular weight is 442 g/mol.